The first-order valence-corrected chi connectivity index (χ1v) is 8.22. The molecule has 144 valence electrons. The number of ether oxygens (including phenoxy) is 1. The van der Waals surface area contributed by atoms with Crippen LogP contribution in [0.25, 0.3) is 0 Å². The molecule has 1 unspecified atom stereocenters. The van der Waals surface area contributed by atoms with E-state index in [-0.39, 0.29) is 23.6 Å². The van der Waals surface area contributed by atoms with Gasteiger partial charge in [-0.2, -0.15) is 0 Å². The number of nitrogens with zero attached hydrogens (tertiary/aromatic N) is 2. The molecule has 1 aliphatic rings. The van der Waals surface area contributed by atoms with E-state index in [2.05, 4.69) is 10.6 Å². The van der Waals surface area contributed by atoms with E-state index in [1.165, 1.54) is 37.4 Å². The fourth-order valence-corrected chi connectivity index (χ4v) is 2.74. The Morgan fingerprint density at radius 1 is 1.25 bits per heavy atom. The average Bonchev–Trinajstić information content (AvgIpc) is 2.68. The summed E-state index contributed by atoms with van der Waals surface area (Å²) in [5, 5.41) is 15.8. The number of non-ortho nitro benzene ring substituents is 1. The minimum Gasteiger partial charge on any atom is -0.497 e. The Morgan fingerprint density at radius 3 is 2.71 bits per heavy atom. The molecule has 10 heteroatoms. The predicted octanol–water partition coefficient (Wildman–Crippen LogP) is 1.91. The number of rotatable bonds is 5. The van der Waals surface area contributed by atoms with Gasteiger partial charge in [0.15, 0.2) is 0 Å². The number of amides is 4. The number of nitro groups is 1. The second kappa shape index (κ2) is 7.74. The molecular formula is C18H16N4O6. The van der Waals surface area contributed by atoms with Gasteiger partial charge in [0.2, 0.25) is 11.8 Å². The highest BCUT2D eigenvalue weighted by Gasteiger charge is 2.39. The van der Waals surface area contributed by atoms with Gasteiger partial charge in [-0.25, -0.2) is 9.69 Å². The van der Waals surface area contributed by atoms with Crippen LogP contribution in [0.4, 0.5) is 21.9 Å². The number of carbonyl (C=O) groups is 3. The molecule has 0 aliphatic carbocycles. The van der Waals surface area contributed by atoms with Crippen molar-refractivity contribution in [3.05, 3.63) is 58.6 Å². The van der Waals surface area contributed by atoms with Gasteiger partial charge in [0.1, 0.15) is 11.7 Å². The van der Waals surface area contributed by atoms with Crippen LogP contribution in [0.1, 0.15) is 0 Å². The van der Waals surface area contributed by atoms with Gasteiger partial charge in [0.05, 0.1) is 17.7 Å². The van der Waals surface area contributed by atoms with E-state index in [1.807, 2.05) is 0 Å². The highest BCUT2D eigenvalue weighted by atomic mass is 16.6. The summed E-state index contributed by atoms with van der Waals surface area (Å²) in [6, 6.07) is 11.0. The SMILES string of the molecule is COc1cccc(N2C(=O)NCC(C(=O)Nc3cccc([N+](=O)[O-])c3)C2=O)c1. The van der Waals surface area contributed by atoms with Gasteiger partial charge in [-0.15, -0.1) is 0 Å². The normalized spacial score (nSPS) is 16.3. The van der Waals surface area contributed by atoms with E-state index in [9.17, 15) is 24.5 Å². The fraction of sp³-hybridized carbons (Fsp3) is 0.167. The molecule has 0 bridgehead atoms. The van der Waals surface area contributed by atoms with Crippen LogP contribution < -0.4 is 20.3 Å². The predicted molar refractivity (Wildman–Crippen MR) is 99.1 cm³/mol. The Balaban J connectivity index is 1.81. The molecule has 10 nitrogen and oxygen atoms in total. The number of anilines is 2. The highest BCUT2D eigenvalue weighted by Crippen LogP contribution is 2.25. The van der Waals surface area contributed by atoms with Gasteiger partial charge < -0.3 is 15.4 Å². The number of benzene rings is 2. The molecule has 1 atom stereocenters. The minimum absolute atomic E-state index is 0.178. The van der Waals surface area contributed by atoms with Gasteiger partial charge >= 0.3 is 6.03 Å². The summed E-state index contributed by atoms with van der Waals surface area (Å²) in [4.78, 5) is 48.7. The number of urea groups is 1. The molecule has 2 aromatic carbocycles. The van der Waals surface area contributed by atoms with Gasteiger partial charge in [0, 0.05) is 30.4 Å². The van der Waals surface area contributed by atoms with E-state index in [1.54, 1.807) is 18.2 Å². The second-order valence-electron chi connectivity index (χ2n) is 5.91. The van der Waals surface area contributed by atoms with Crippen molar-refractivity contribution in [1.82, 2.24) is 5.32 Å². The molecule has 0 aromatic heterocycles. The van der Waals surface area contributed by atoms with Gasteiger partial charge in [-0.3, -0.25) is 19.7 Å². The number of nitrogens with one attached hydrogen (secondary N) is 2. The molecule has 0 radical (unpaired) electrons. The third kappa shape index (κ3) is 3.75. The van der Waals surface area contributed by atoms with E-state index in [0.29, 0.717) is 5.75 Å². The molecule has 1 fully saturated rings. The lowest BCUT2D eigenvalue weighted by molar-refractivity contribution is -0.384. The number of imide groups is 1. The average molecular weight is 384 g/mol. The maximum Gasteiger partial charge on any atom is 0.328 e. The summed E-state index contributed by atoms with van der Waals surface area (Å²) < 4.78 is 5.10. The zero-order valence-electron chi connectivity index (χ0n) is 14.7. The molecule has 0 spiro atoms. The number of nitro benzene ring substituents is 1. The van der Waals surface area contributed by atoms with Crippen LogP contribution in [-0.2, 0) is 9.59 Å². The number of methoxy groups -OCH3 is 1. The molecule has 1 heterocycles. The molecular weight excluding hydrogens is 368 g/mol. The summed E-state index contributed by atoms with van der Waals surface area (Å²) in [5.74, 6) is -2.14. The topological polar surface area (TPSA) is 131 Å². The van der Waals surface area contributed by atoms with Crippen molar-refractivity contribution in [2.45, 2.75) is 0 Å². The van der Waals surface area contributed by atoms with Crippen LogP contribution in [-0.4, -0.2) is 36.4 Å². The Morgan fingerprint density at radius 2 is 2.00 bits per heavy atom. The largest absolute Gasteiger partial charge is 0.497 e. The molecule has 3 rings (SSSR count). The van der Waals surface area contributed by atoms with Gasteiger partial charge in [-0.05, 0) is 18.2 Å². The number of carbonyl (C=O) groups excluding carboxylic acids is 3. The van der Waals surface area contributed by atoms with Crippen LogP contribution in [0.5, 0.6) is 5.75 Å². The van der Waals surface area contributed by atoms with Crippen molar-refractivity contribution in [3.63, 3.8) is 0 Å². The van der Waals surface area contributed by atoms with Gasteiger partial charge in [0.25, 0.3) is 5.69 Å². The quantitative estimate of drug-likeness (QED) is 0.460. The molecule has 4 amide bonds. The molecule has 1 saturated heterocycles. The Bertz CT molecular complexity index is 961. The van der Waals surface area contributed by atoms with Crippen molar-refractivity contribution in [2.75, 3.05) is 23.9 Å². The van der Waals surface area contributed by atoms with Crippen LogP contribution in [0, 0.1) is 16.0 Å². The summed E-state index contributed by atoms with van der Waals surface area (Å²) in [7, 11) is 1.45. The molecule has 0 saturated carbocycles. The highest BCUT2D eigenvalue weighted by molar-refractivity contribution is 6.23. The first-order valence-electron chi connectivity index (χ1n) is 8.22. The van der Waals surface area contributed by atoms with Crippen LogP contribution in [0.15, 0.2) is 48.5 Å². The van der Waals surface area contributed by atoms with Crippen molar-refractivity contribution in [1.29, 1.82) is 0 Å². The summed E-state index contributed by atoms with van der Waals surface area (Å²) in [5.41, 5.74) is 0.241. The van der Waals surface area contributed by atoms with Crippen molar-refractivity contribution < 1.29 is 24.0 Å². The molecule has 28 heavy (non-hydrogen) atoms. The first-order chi connectivity index (χ1) is 13.4. The maximum atomic E-state index is 12.8. The van der Waals surface area contributed by atoms with Crippen molar-refractivity contribution in [2.24, 2.45) is 5.92 Å². The number of hydrogen-bond donors (Lipinski definition) is 2. The fourth-order valence-electron chi connectivity index (χ4n) is 2.74. The standard InChI is InChI=1S/C18H16N4O6/c1-28-14-7-3-5-12(9-14)21-17(24)15(10-19-18(21)25)16(23)20-11-4-2-6-13(8-11)22(26)27/h2-9,15H,10H2,1H3,(H,19,25)(H,20,23). The van der Waals surface area contributed by atoms with Crippen LogP contribution >= 0.6 is 0 Å². The molecule has 1 aliphatic heterocycles. The van der Waals surface area contributed by atoms with E-state index in [0.717, 1.165) is 4.90 Å². The lowest BCUT2D eigenvalue weighted by Crippen LogP contribution is -2.58. The van der Waals surface area contributed by atoms with E-state index >= 15 is 0 Å². The van der Waals surface area contributed by atoms with Crippen molar-refractivity contribution >= 4 is 34.9 Å². The zero-order chi connectivity index (χ0) is 20.3. The molecule has 2 N–H and O–H groups in total. The second-order valence-corrected chi connectivity index (χ2v) is 5.91. The lowest BCUT2D eigenvalue weighted by atomic mass is 10.0. The summed E-state index contributed by atoms with van der Waals surface area (Å²) >= 11 is 0. The third-order valence-electron chi connectivity index (χ3n) is 4.13. The number of hydrogen-bond acceptors (Lipinski definition) is 6. The smallest absolute Gasteiger partial charge is 0.328 e. The summed E-state index contributed by atoms with van der Waals surface area (Å²) in [6.07, 6.45) is 0. The Hall–Kier alpha value is -3.95. The monoisotopic (exact) mass is 384 g/mol. The third-order valence-corrected chi connectivity index (χ3v) is 4.13. The Labute approximate surface area is 159 Å². The minimum atomic E-state index is -1.19. The zero-order valence-corrected chi connectivity index (χ0v) is 14.7. The molecule has 2 aromatic rings. The Kier molecular flexibility index (Phi) is 5.21. The van der Waals surface area contributed by atoms with Crippen molar-refractivity contribution in [3.8, 4) is 5.75 Å². The first kappa shape index (κ1) is 18.8. The van der Waals surface area contributed by atoms with Crippen LogP contribution in [0.2, 0.25) is 0 Å². The van der Waals surface area contributed by atoms with Crippen LogP contribution in [0.3, 0.4) is 0 Å². The van der Waals surface area contributed by atoms with E-state index < -0.39 is 28.7 Å². The van der Waals surface area contributed by atoms with E-state index in [4.69, 9.17) is 4.74 Å². The maximum absolute atomic E-state index is 12.8. The summed E-state index contributed by atoms with van der Waals surface area (Å²) in [6.45, 7) is -0.182. The lowest BCUT2D eigenvalue weighted by Gasteiger charge is -2.30. The van der Waals surface area contributed by atoms with Gasteiger partial charge in [-0.1, -0.05) is 12.1 Å².